The van der Waals surface area contributed by atoms with E-state index in [1.54, 1.807) is 17.4 Å². The van der Waals surface area contributed by atoms with Gasteiger partial charge >= 0.3 is 5.97 Å². The molecule has 4 nitrogen and oxygen atoms in total. The minimum absolute atomic E-state index is 0.00133. The first-order valence-corrected chi connectivity index (χ1v) is 6.56. The van der Waals surface area contributed by atoms with Crippen molar-refractivity contribution in [3.05, 3.63) is 22.7 Å². The Morgan fingerprint density at radius 1 is 1.50 bits per heavy atom. The SMILES string of the molecule is Cc1nc2c(OC(C)C)cc(CC(=O)O)cc2s1. The van der Waals surface area contributed by atoms with Crippen LogP contribution in [-0.4, -0.2) is 22.2 Å². The van der Waals surface area contributed by atoms with E-state index in [-0.39, 0.29) is 12.5 Å². The molecule has 0 spiro atoms. The highest BCUT2D eigenvalue weighted by atomic mass is 32.1. The smallest absolute Gasteiger partial charge is 0.307 e. The van der Waals surface area contributed by atoms with Gasteiger partial charge in [0.2, 0.25) is 0 Å². The average molecular weight is 265 g/mol. The second-order valence-corrected chi connectivity index (χ2v) is 5.65. The zero-order chi connectivity index (χ0) is 13.3. The van der Waals surface area contributed by atoms with E-state index in [0.717, 1.165) is 20.8 Å². The fourth-order valence-electron chi connectivity index (χ4n) is 1.78. The molecule has 0 radical (unpaired) electrons. The highest BCUT2D eigenvalue weighted by Crippen LogP contribution is 2.32. The number of rotatable bonds is 4. The van der Waals surface area contributed by atoms with Gasteiger partial charge in [-0.15, -0.1) is 11.3 Å². The van der Waals surface area contributed by atoms with E-state index in [0.29, 0.717) is 5.75 Å². The number of nitrogens with zero attached hydrogens (tertiary/aromatic N) is 1. The van der Waals surface area contributed by atoms with Crippen molar-refractivity contribution in [2.45, 2.75) is 33.3 Å². The third-order valence-corrected chi connectivity index (χ3v) is 3.26. The summed E-state index contributed by atoms with van der Waals surface area (Å²) in [5.41, 5.74) is 1.56. The molecule has 0 fully saturated rings. The zero-order valence-electron chi connectivity index (χ0n) is 10.6. The van der Waals surface area contributed by atoms with E-state index in [4.69, 9.17) is 9.84 Å². The van der Waals surface area contributed by atoms with Gasteiger partial charge in [-0.3, -0.25) is 4.79 Å². The number of ether oxygens (including phenoxy) is 1. The number of carboxylic acid groups (broad SMARTS) is 1. The number of thiazole rings is 1. The standard InChI is InChI=1S/C13H15NO3S/c1-7(2)17-10-4-9(6-12(15)16)5-11-13(10)14-8(3)18-11/h4-5,7H,6H2,1-3H3,(H,15,16). The number of hydrogen-bond donors (Lipinski definition) is 1. The van der Waals surface area contributed by atoms with Gasteiger partial charge in [-0.25, -0.2) is 4.98 Å². The number of benzene rings is 1. The van der Waals surface area contributed by atoms with Crippen LogP contribution in [0.15, 0.2) is 12.1 Å². The van der Waals surface area contributed by atoms with E-state index in [2.05, 4.69) is 4.98 Å². The molecule has 1 aromatic carbocycles. The molecule has 96 valence electrons. The molecule has 0 aliphatic carbocycles. The van der Waals surface area contributed by atoms with Gasteiger partial charge in [0, 0.05) is 0 Å². The van der Waals surface area contributed by atoms with Crippen LogP contribution in [0.5, 0.6) is 5.75 Å². The van der Waals surface area contributed by atoms with Gasteiger partial charge < -0.3 is 9.84 Å². The van der Waals surface area contributed by atoms with E-state index >= 15 is 0 Å². The topological polar surface area (TPSA) is 59.4 Å². The largest absolute Gasteiger partial charge is 0.489 e. The van der Waals surface area contributed by atoms with Crippen molar-refractivity contribution in [3.63, 3.8) is 0 Å². The lowest BCUT2D eigenvalue weighted by molar-refractivity contribution is -0.136. The summed E-state index contributed by atoms with van der Waals surface area (Å²) in [6.07, 6.45) is 0.0386. The molecule has 2 rings (SSSR count). The summed E-state index contributed by atoms with van der Waals surface area (Å²) < 4.78 is 6.69. The number of aryl methyl sites for hydroxylation is 1. The molecule has 5 heteroatoms. The van der Waals surface area contributed by atoms with Gasteiger partial charge in [-0.2, -0.15) is 0 Å². The number of aliphatic carboxylic acids is 1. The van der Waals surface area contributed by atoms with Crippen LogP contribution in [-0.2, 0) is 11.2 Å². The van der Waals surface area contributed by atoms with E-state index in [1.165, 1.54) is 0 Å². The van der Waals surface area contributed by atoms with Crippen LogP contribution in [0.2, 0.25) is 0 Å². The Hall–Kier alpha value is -1.62. The maximum atomic E-state index is 10.8. The van der Waals surface area contributed by atoms with E-state index in [9.17, 15) is 4.79 Å². The Balaban J connectivity index is 2.52. The van der Waals surface area contributed by atoms with Crippen molar-refractivity contribution in [1.82, 2.24) is 4.98 Å². The van der Waals surface area contributed by atoms with Crippen molar-refractivity contribution in [1.29, 1.82) is 0 Å². The summed E-state index contributed by atoms with van der Waals surface area (Å²) in [6.45, 7) is 5.81. The second kappa shape index (κ2) is 4.94. The number of carbonyl (C=O) groups is 1. The normalized spacial score (nSPS) is 11.1. The van der Waals surface area contributed by atoms with Gasteiger partial charge in [0.05, 0.1) is 22.2 Å². The van der Waals surface area contributed by atoms with Crippen molar-refractivity contribution in [2.75, 3.05) is 0 Å². The van der Waals surface area contributed by atoms with Gasteiger partial charge in [0.15, 0.2) is 0 Å². The summed E-state index contributed by atoms with van der Waals surface area (Å²) in [4.78, 5) is 15.2. The molecule has 2 aromatic rings. The van der Waals surface area contributed by atoms with Crippen molar-refractivity contribution in [2.24, 2.45) is 0 Å². The van der Waals surface area contributed by atoms with Crippen LogP contribution >= 0.6 is 11.3 Å². The van der Waals surface area contributed by atoms with E-state index < -0.39 is 5.97 Å². The predicted octanol–water partition coefficient (Wildman–Crippen LogP) is 3.02. The molecule has 18 heavy (non-hydrogen) atoms. The highest BCUT2D eigenvalue weighted by molar-refractivity contribution is 7.18. The molecular formula is C13H15NO3S. The molecule has 0 aliphatic rings. The van der Waals surface area contributed by atoms with Crippen LogP contribution in [0.4, 0.5) is 0 Å². The maximum absolute atomic E-state index is 10.8. The summed E-state index contributed by atoms with van der Waals surface area (Å²) in [7, 11) is 0. The van der Waals surface area contributed by atoms with Gasteiger partial charge in [0.1, 0.15) is 11.3 Å². The molecule has 0 bridgehead atoms. The number of aromatic nitrogens is 1. The quantitative estimate of drug-likeness (QED) is 0.923. The predicted molar refractivity (Wildman–Crippen MR) is 71.5 cm³/mol. The first-order valence-electron chi connectivity index (χ1n) is 5.74. The number of carboxylic acids is 1. The fourth-order valence-corrected chi connectivity index (χ4v) is 2.69. The summed E-state index contributed by atoms with van der Waals surface area (Å²) in [6, 6.07) is 3.65. The Morgan fingerprint density at radius 3 is 2.83 bits per heavy atom. The third-order valence-electron chi connectivity index (χ3n) is 2.34. The average Bonchev–Trinajstić information content (AvgIpc) is 2.56. The minimum Gasteiger partial charge on any atom is -0.489 e. The van der Waals surface area contributed by atoms with Crippen LogP contribution in [0, 0.1) is 6.92 Å². The molecule has 0 saturated carbocycles. The Morgan fingerprint density at radius 2 is 2.22 bits per heavy atom. The molecular weight excluding hydrogens is 250 g/mol. The molecule has 0 atom stereocenters. The summed E-state index contributed by atoms with van der Waals surface area (Å²) in [5.74, 6) is -0.172. The molecule has 0 aliphatic heterocycles. The first kappa shape index (κ1) is 12.8. The molecule has 0 saturated heterocycles. The van der Waals surface area contributed by atoms with Crippen LogP contribution in [0.1, 0.15) is 24.4 Å². The molecule has 1 aromatic heterocycles. The van der Waals surface area contributed by atoms with Gasteiger partial charge in [0.25, 0.3) is 0 Å². The zero-order valence-corrected chi connectivity index (χ0v) is 11.4. The van der Waals surface area contributed by atoms with Crippen molar-refractivity contribution < 1.29 is 14.6 Å². The molecule has 1 N–H and O–H groups in total. The molecule has 0 unspecified atom stereocenters. The second-order valence-electron chi connectivity index (χ2n) is 4.41. The Kier molecular flexibility index (Phi) is 3.52. The fraction of sp³-hybridized carbons (Fsp3) is 0.385. The minimum atomic E-state index is -0.842. The van der Waals surface area contributed by atoms with Crippen molar-refractivity contribution >= 4 is 27.5 Å². The first-order chi connectivity index (χ1) is 8.45. The lowest BCUT2D eigenvalue weighted by Gasteiger charge is -2.11. The molecule has 0 amide bonds. The number of fused-ring (bicyclic) bond motifs is 1. The van der Waals surface area contributed by atoms with Crippen LogP contribution in [0.3, 0.4) is 0 Å². The monoisotopic (exact) mass is 265 g/mol. The Bertz CT molecular complexity index is 589. The summed E-state index contributed by atoms with van der Waals surface area (Å²) >= 11 is 1.55. The summed E-state index contributed by atoms with van der Waals surface area (Å²) in [5, 5.41) is 9.81. The Labute approximate surface area is 109 Å². The van der Waals surface area contributed by atoms with Crippen LogP contribution < -0.4 is 4.74 Å². The van der Waals surface area contributed by atoms with Crippen molar-refractivity contribution in [3.8, 4) is 5.75 Å². The van der Waals surface area contributed by atoms with Crippen LogP contribution in [0.25, 0.3) is 10.2 Å². The third kappa shape index (κ3) is 2.79. The van der Waals surface area contributed by atoms with E-state index in [1.807, 2.05) is 26.8 Å². The highest BCUT2D eigenvalue weighted by Gasteiger charge is 2.12. The number of hydrogen-bond acceptors (Lipinski definition) is 4. The lowest BCUT2D eigenvalue weighted by atomic mass is 10.1. The maximum Gasteiger partial charge on any atom is 0.307 e. The molecule has 1 heterocycles. The lowest BCUT2D eigenvalue weighted by Crippen LogP contribution is -2.07. The van der Waals surface area contributed by atoms with Gasteiger partial charge in [-0.05, 0) is 38.5 Å². The van der Waals surface area contributed by atoms with Gasteiger partial charge in [-0.1, -0.05) is 0 Å².